The quantitative estimate of drug-likeness (QED) is 0.780. The van der Waals surface area contributed by atoms with Gasteiger partial charge in [-0.15, -0.1) is 0 Å². The van der Waals surface area contributed by atoms with E-state index in [1.165, 1.54) is 13.1 Å². The monoisotopic (exact) mass is 398 g/mol. The predicted molar refractivity (Wildman–Crippen MR) is 88.6 cm³/mol. The van der Waals surface area contributed by atoms with Crippen LogP contribution in [-0.2, 0) is 9.84 Å². The van der Waals surface area contributed by atoms with Crippen LogP contribution in [0.15, 0.2) is 27.8 Å². The van der Waals surface area contributed by atoms with E-state index in [0.717, 1.165) is 0 Å². The Morgan fingerprint density at radius 3 is 2.48 bits per heavy atom. The van der Waals surface area contributed by atoms with Crippen molar-refractivity contribution in [3.8, 4) is 0 Å². The molecule has 0 aliphatic heterocycles. The van der Waals surface area contributed by atoms with Gasteiger partial charge in [0, 0.05) is 17.5 Å². The number of hydrogen-bond donors (Lipinski definition) is 1. The molecule has 0 amide bonds. The number of nitrogens with one attached hydrogen (secondary N) is 1. The lowest BCUT2D eigenvalue weighted by atomic mass is 10.1. The molecule has 0 fully saturated rings. The first-order chi connectivity index (χ1) is 10.6. The lowest BCUT2D eigenvalue weighted by Gasteiger charge is -2.05. The van der Waals surface area contributed by atoms with Gasteiger partial charge in [-0.2, -0.15) is 0 Å². The van der Waals surface area contributed by atoms with Gasteiger partial charge >= 0.3 is 0 Å². The number of carbonyl (C=O) groups is 2. The summed E-state index contributed by atoms with van der Waals surface area (Å²) in [6.07, 6.45) is 1.35. The fourth-order valence-electron chi connectivity index (χ4n) is 2.47. The van der Waals surface area contributed by atoms with Crippen LogP contribution in [0.3, 0.4) is 0 Å². The van der Waals surface area contributed by atoms with Gasteiger partial charge in [-0.1, -0.05) is 0 Å². The van der Waals surface area contributed by atoms with Gasteiger partial charge in [0.05, 0.1) is 10.2 Å². The maximum absolute atomic E-state index is 12.4. The average Bonchev–Trinajstić information content (AvgIpc) is 2.73. The molecule has 122 valence electrons. The number of ketones is 2. The van der Waals surface area contributed by atoms with Gasteiger partial charge < -0.3 is 4.98 Å². The molecule has 2 heterocycles. The number of aryl methyl sites for hydroxylation is 1. The van der Waals surface area contributed by atoms with Crippen LogP contribution in [0, 0.1) is 13.8 Å². The van der Waals surface area contributed by atoms with Crippen LogP contribution in [0.5, 0.6) is 0 Å². The molecule has 0 aliphatic carbocycles. The standard InChI is InChI=1S/C15H15BrN2O4S/c1-8-13(10(3)19)9(2)18-14(8)12(20)7-23(21,22)15-11(16)5-4-6-17-15/h4-6,18H,7H2,1-3H3. The van der Waals surface area contributed by atoms with Gasteiger partial charge in [0.1, 0.15) is 5.75 Å². The van der Waals surface area contributed by atoms with Crippen molar-refractivity contribution in [2.45, 2.75) is 25.8 Å². The number of H-pyrrole nitrogens is 1. The van der Waals surface area contributed by atoms with Crippen molar-refractivity contribution in [1.29, 1.82) is 0 Å². The van der Waals surface area contributed by atoms with E-state index in [0.29, 0.717) is 21.3 Å². The Hall–Kier alpha value is -1.80. The molecule has 0 aromatic carbocycles. The highest BCUT2D eigenvalue weighted by Crippen LogP contribution is 2.23. The topological polar surface area (TPSA) is 97.0 Å². The van der Waals surface area contributed by atoms with E-state index >= 15 is 0 Å². The van der Waals surface area contributed by atoms with Crippen molar-refractivity contribution in [1.82, 2.24) is 9.97 Å². The Bertz CT molecular complexity index is 900. The molecule has 2 aromatic heterocycles. The molecule has 0 bridgehead atoms. The minimum atomic E-state index is -3.89. The highest BCUT2D eigenvalue weighted by atomic mass is 79.9. The molecule has 0 aliphatic rings. The molecule has 23 heavy (non-hydrogen) atoms. The molecule has 2 rings (SSSR count). The van der Waals surface area contributed by atoms with Crippen molar-refractivity contribution in [2.24, 2.45) is 0 Å². The summed E-state index contributed by atoms with van der Waals surface area (Å²) in [6.45, 7) is 4.69. The van der Waals surface area contributed by atoms with Crippen molar-refractivity contribution in [2.75, 3.05) is 5.75 Å². The van der Waals surface area contributed by atoms with Gasteiger partial charge in [0.25, 0.3) is 0 Å². The molecule has 6 nitrogen and oxygen atoms in total. The van der Waals surface area contributed by atoms with Gasteiger partial charge in [0.2, 0.25) is 9.84 Å². The van der Waals surface area contributed by atoms with Crippen LogP contribution in [-0.4, -0.2) is 35.7 Å². The Kier molecular flexibility index (Phi) is 4.86. The number of hydrogen-bond acceptors (Lipinski definition) is 5. The summed E-state index contributed by atoms with van der Waals surface area (Å²) in [6, 6.07) is 3.13. The van der Waals surface area contributed by atoms with Crippen molar-refractivity contribution in [3.05, 3.63) is 45.3 Å². The number of aromatic nitrogens is 2. The number of pyridine rings is 1. The molecule has 0 atom stereocenters. The molecule has 0 radical (unpaired) electrons. The summed E-state index contributed by atoms with van der Waals surface area (Å²) >= 11 is 3.12. The average molecular weight is 399 g/mol. The number of nitrogens with zero attached hydrogens (tertiary/aromatic N) is 1. The maximum atomic E-state index is 12.4. The first kappa shape index (κ1) is 17.6. The zero-order chi connectivity index (χ0) is 17.4. The van der Waals surface area contributed by atoms with Gasteiger partial charge in [-0.05, 0) is 54.4 Å². The Morgan fingerprint density at radius 2 is 1.96 bits per heavy atom. The summed E-state index contributed by atoms with van der Waals surface area (Å²) in [5.41, 5.74) is 1.58. The lowest BCUT2D eigenvalue weighted by molar-refractivity contribution is 0.101. The molecule has 0 spiro atoms. The van der Waals surface area contributed by atoms with Gasteiger partial charge in [0.15, 0.2) is 16.6 Å². The second-order valence-electron chi connectivity index (χ2n) is 5.15. The maximum Gasteiger partial charge on any atom is 0.204 e. The molecular formula is C15H15BrN2O4S. The second kappa shape index (κ2) is 6.37. The molecule has 2 aromatic rings. The normalized spacial score (nSPS) is 11.5. The van der Waals surface area contributed by atoms with E-state index in [2.05, 4.69) is 25.9 Å². The van der Waals surface area contributed by atoms with E-state index in [-0.39, 0.29) is 16.5 Å². The Labute approximate surface area is 142 Å². The predicted octanol–water partition coefficient (Wildman–Crippen LogP) is 2.65. The summed E-state index contributed by atoms with van der Waals surface area (Å²) in [5, 5.41) is -0.180. The van der Waals surface area contributed by atoms with Crippen LogP contribution in [0.25, 0.3) is 0 Å². The zero-order valence-electron chi connectivity index (χ0n) is 12.8. The highest BCUT2D eigenvalue weighted by molar-refractivity contribution is 9.10. The zero-order valence-corrected chi connectivity index (χ0v) is 15.2. The third-order valence-electron chi connectivity index (χ3n) is 3.41. The largest absolute Gasteiger partial charge is 0.355 e. The Balaban J connectivity index is 2.39. The van der Waals surface area contributed by atoms with Crippen molar-refractivity contribution >= 4 is 37.3 Å². The van der Waals surface area contributed by atoms with Crippen LogP contribution in [0.1, 0.15) is 39.0 Å². The van der Waals surface area contributed by atoms with E-state index < -0.39 is 21.4 Å². The number of carbonyl (C=O) groups excluding carboxylic acids is 2. The number of rotatable bonds is 5. The van der Waals surface area contributed by atoms with E-state index in [1.54, 1.807) is 26.0 Å². The summed E-state index contributed by atoms with van der Waals surface area (Å²) in [7, 11) is -3.89. The first-order valence-corrected chi connectivity index (χ1v) is 9.16. The van der Waals surface area contributed by atoms with E-state index in [1.807, 2.05) is 0 Å². The van der Waals surface area contributed by atoms with Crippen LogP contribution in [0.4, 0.5) is 0 Å². The highest BCUT2D eigenvalue weighted by Gasteiger charge is 2.27. The summed E-state index contributed by atoms with van der Waals surface area (Å²) in [4.78, 5) is 30.6. The van der Waals surface area contributed by atoms with E-state index in [4.69, 9.17) is 0 Å². The number of aromatic amines is 1. The number of Topliss-reactive ketones (excluding diaryl/α,β-unsaturated/α-hetero) is 2. The first-order valence-electron chi connectivity index (χ1n) is 6.71. The van der Waals surface area contributed by atoms with Crippen LogP contribution in [0.2, 0.25) is 0 Å². The fraction of sp³-hybridized carbons (Fsp3) is 0.267. The third-order valence-corrected chi connectivity index (χ3v) is 5.87. The number of sulfone groups is 1. The molecule has 0 saturated carbocycles. The molecular weight excluding hydrogens is 384 g/mol. The minimum absolute atomic E-state index is 0.142. The van der Waals surface area contributed by atoms with Gasteiger partial charge in [-0.3, -0.25) is 9.59 Å². The van der Waals surface area contributed by atoms with Crippen molar-refractivity contribution in [3.63, 3.8) is 0 Å². The second-order valence-corrected chi connectivity index (χ2v) is 7.91. The van der Waals surface area contributed by atoms with E-state index in [9.17, 15) is 18.0 Å². The third kappa shape index (κ3) is 3.42. The minimum Gasteiger partial charge on any atom is -0.355 e. The molecule has 0 saturated heterocycles. The molecule has 1 N–H and O–H groups in total. The van der Waals surface area contributed by atoms with Gasteiger partial charge in [-0.25, -0.2) is 13.4 Å². The smallest absolute Gasteiger partial charge is 0.204 e. The van der Waals surface area contributed by atoms with Crippen LogP contribution >= 0.6 is 15.9 Å². The SMILES string of the molecule is CC(=O)c1c(C)[nH]c(C(=O)CS(=O)(=O)c2ncccc2Br)c1C. The van der Waals surface area contributed by atoms with Crippen molar-refractivity contribution < 1.29 is 18.0 Å². The lowest BCUT2D eigenvalue weighted by Crippen LogP contribution is -2.19. The summed E-state index contributed by atoms with van der Waals surface area (Å²) in [5.74, 6) is -1.50. The Morgan fingerprint density at radius 1 is 1.30 bits per heavy atom. The molecule has 0 unspecified atom stereocenters. The fourth-order valence-corrected chi connectivity index (χ4v) is 4.68. The summed E-state index contributed by atoms with van der Waals surface area (Å²) < 4.78 is 25.1. The number of halogens is 1. The molecule has 8 heteroatoms. The van der Waals surface area contributed by atoms with Crippen LogP contribution < -0.4 is 0 Å².